The number of nitrogens with one attached hydrogen (secondary N) is 1. The van der Waals surface area contributed by atoms with E-state index in [1.54, 1.807) is 0 Å². The lowest BCUT2D eigenvalue weighted by molar-refractivity contribution is 0.851. The maximum absolute atomic E-state index is 4.41. The number of aromatic nitrogens is 5. The molecule has 2 heterocycles. The van der Waals surface area contributed by atoms with E-state index in [-0.39, 0.29) is 0 Å². The molecule has 7 nitrogen and oxygen atoms in total. The molecule has 0 radical (unpaired) electrons. The number of anilines is 2. The zero-order valence-corrected chi connectivity index (χ0v) is 13.5. The summed E-state index contributed by atoms with van der Waals surface area (Å²) in [4.78, 5) is 19.3. The Hall–Kier alpha value is -1.48. The van der Waals surface area contributed by atoms with E-state index in [0.717, 1.165) is 23.1 Å². The summed E-state index contributed by atoms with van der Waals surface area (Å²) in [7, 11) is 3.81. The van der Waals surface area contributed by atoms with Crippen molar-refractivity contribution in [2.45, 2.75) is 29.8 Å². The van der Waals surface area contributed by atoms with Crippen LogP contribution < -0.4 is 10.2 Å². The van der Waals surface area contributed by atoms with E-state index < -0.39 is 0 Å². The van der Waals surface area contributed by atoms with E-state index in [9.17, 15) is 0 Å². The van der Waals surface area contributed by atoms with Crippen LogP contribution in [0.5, 0.6) is 0 Å². The van der Waals surface area contributed by atoms with Crippen LogP contribution in [0.15, 0.2) is 9.50 Å². The van der Waals surface area contributed by atoms with Gasteiger partial charge in [-0.05, 0) is 36.6 Å². The van der Waals surface area contributed by atoms with E-state index in [0.29, 0.717) is 17.1 Å². The Labute approximate surface area is 126 Å². The average Bonchev–Trinajstić information content (AvgIpc) is 2.81. The van der Waals surface area contributed by atoms with Crippen molar-refractivity contribution < 1.29 is 0 Å². The molecule has 2 aromatic heterocycles. The molecular formula is C11H17N7S2. The van der Waals surface area contributed by atoms with Crippen LogP contribution in [0.1, 0.15) is 19.2 Å². The zero-order valence-electron chi connectivity index (χ0n) is 11.9. The predicted octanol–water partition coefficient (Wildman–Crippen LogP) is 2.07. The monoisotopic (exact) mass is 311 g/mol. The lowest BCUT2D eigenvalue weighted by Crippen LogP contribution is -2.16. The molecule has 0 fully saturated rings. The Morgan fingerprint density at radius 2 is 2.00 bits per heavy atom. The van der Waals surface area contributed by atoms with Gasteiger partial charge in [-0.2, -0.15) is 19.3 Å². The van der Waals surface area contributed by atoms with Gasteiger partial charge in [0.05, 0.1) is 0 Å². The first-order valence-electron chi connectivity index (χ1n) is 6.24. The first-order chi connectivity index (χ1) is 9.58. The second-order valence-electron chi connectivity index (χ2n) is 4.27. The highest BCUT2D eigenvalue weighted by molar-refractivity contribution is 8.00. The van der Waals surface area contributed by atoms with Gasteiger partial charge in [-0.1, -0.05) is 6.92 Å². The van der Waals surface area contributed by atoms with Gasteiger partial charge in [-0.25, -0.2) is 4.98 Å². The fourth-order valence-corrected chi connectivity index (χ4v) is 2.81. The summed E-state index contributed by atoms with van der Waals surface area (Å²) in [6.07, 6.45) is 1.01. The molecule has 0 aliphatic rings. The molecule has 0 saturated carbocycles. The maximum Gasteiger partial charge on any atom is 0.230 e. The van der Waals surface area contributed by atoms with Gasteiger partial charge in [0.1, 0.15) is 5.82 Å². The minimum Gasteiger partial charge on any atom is -0.354 e. The van der Waals surface area contributed by atoms with Gasteiger partial charge >= 0.3 is 0 Å². The predicted molar refractivity (Wildman–Crippen MR) is 81.7 cm³/mol. The topological polar surface area (TPSA) is 79.7 Å². The SMILES string of the molecule is CCCNc1nc(Sc2nc(C)ns2)nc(N(C)C)n1. The van der Waals surface area contributed by atoms with Gasteiger partial charge in [0.2, 0.25) is 17.1 Å². The molecular weight excluding hydrogens is 294 g/mol. The maximum atomic E-state index is 4.41. The summed E-state index contributed by atoms with van der Waals surface area (Å²) in [6, 6.07) is 0. The molecule has 0 spiro atoms. The van der Waals surface area contributed by atoms with E-state index in [1.165, 1.54) is 23.3 Å². The van der Waals surface area contributed by atoms with Crippen molar-refractivity contribution in [1.82, 2.24) is 24.3 Å². The molecule has 0 unspecified atom stereocenters. The fraction of sp³-hybridized carbons (Fsp3) is 0.545. The lowest BCUT2D eigenvalue weighted by atomic mass is 10.5. The largest absolute Gasteiger partial charge is 0.354 e. The number of hydrogen-bond donors (Lipinski definition) is 1. The molecule has 0 aliphatic carbocycles. The van der Waals surface area contributed by atoms with Gasteiger partial charge in [0.15, 0.2) is 4.34 Å². The minimum atomic E-state index is 0.592. The van der Waals surface area contributed by atoms with E-state index in [4.69, 9.17) is 0 Å². The fourth-order valence-electron chi connectivity index (χ4n) is 1.30. The first kappa shape index (κ1) is 14.9. The minimum absolute atomic E-state index is 0.592. The van der Waals surface area contributed by atoms with E-state index in [1.807, 2.05) is 25.9 Å². The summed E-state index contributed by atoms with van der Waals surface area (Å²) in [6.45, 7) is 4.80. The summed E-state index contributed by atoms with van der Waals surface area (Å²) in [5.41, 5.74) is 0. The summed E-state index contributed by atoms with van der Waals surface area (Å²) >= 11 is 2.75. The van der Waals surface area contributed by atoms with Crippen molar-refractivity contribution in [2.75, 3.05) is 30.9 Å². The quantitative estimate of drug-likeness (QED) is 0.868. The van der Waals surface area contributed by atoms with Crippen LogP contribution in [0.25, 0.3) is 0 Å². The third-order valence-corrected chi connectivity index (χ3v) is 3.93. The van der Waals surface area contributed by atoms with Gasteiger partial charge in [-0.15, -0.1) is 0 Å². The molecule has 0 atom stereocenters. The molecule has 0 bridgehead atoms. The number of aryl methyl sites for hydroxylation is 1. The van der Waals surface area contributed by atoms with Crippen molar-refractivity contribution in [3.63, 3.8) is 0 Å². The highest BCUT2D eigenvalue weighted by Gasteiger charge is 2.11. The van der Waals surface area contributed by atoms with Crippen LogP contribution in [0.2, 0.25) is 0 Å². The number of hydrogen-bond acceptors (Lipinski definition) is 9. The molecule has 108 valence electrons. The standard InChI is InChI=1S/C11H17N7S2/c1-5-6-12-8-14-9(18(3)4)16-10(15-8)19-11-13-7(2)17-20-11/h5-6H2,1-4H3,(H,12,14,15,16). The van der Waals surface area contributed by atoms with Crippen molar-refractivity contribution in [2.24, 2.45) is 0 Å². The van der Waals surface area contributed by atoms with E-state index in [2.05, 4.69) is 36.5 Å². The molecule has 2 aromatic rings. The van der Waals surface area contributed by atoms with Crippen molar-refractivity contribution in [3.05, 3.63) is 5.82 Å². The summed E-state index contributed by atoms with van der Waals surface area (Å²) in [5.74, 6) is 1.99. The summed E-state index contributed by atoms with van der Waals surface area (Å²) in [5, 5.41) is 3.81. The highest BCUT2D eigenvalue weighted by atomic mass is 32.2. The molecule has 0 saturated heterocycles. The second kappa shape index (κ2) is 6.80. The van der Waals surface area contributed by atoms with Crippen LogP contribution in [-0.2, 0) is 0 Å². The Kier molecular flexibility index (Phi) is 5.07. The van der Waals surface area contributed by atoms with Gasteiger partial charge in [-0.3, -0.25) is 0 Å². The molecule has 0 aliphatic heterocycles. The van der Waals surface area contributed by atoms with Gasteiger partial charge in [0, 0.05) is 20.6 Å². The van der Waals surface area contributed by atoms with Crippen LogP contribution in [0.3, 0.4) is 0 Å². The Balaban J connectivity index is 2.23. The molecule has 9 heteroatoms. The normalized spacial score (nSPS) is 10.6. The van der Waals surface area contributed by atoms with Crippen molar-refractivity contribution >= 4 is 35.2 Å². The third kappa shape index (κ3) is 4.01. The molecule has 0 aromatic carbocycles. The van der Waals surface area contributed by atoms with Gasteiger partial charge in [0.25, 0.3) is 0 Å². The van der Waals surface area contributed by atoms with Crippen molar-refractivity contribution in [3.8, 4) is 0 Å². The van der Waals surface area contributed by atoms with Crippen molar-refractivity contribution in [1.29, 1.82) is 0 Å². The molecule has 0 amide bonds. The Morgan fingerprint density at radius 1 is 1.20 bits per heavy atom. The Bertz CT molecular complexity index is 570. The molecule has 2 rings (SSSR count). The van der Waals surface area contributed by atoms with Crippen LogP contribution in [0, 0.1) is 6.92 Å². The average molecular weight is 311 g/mol. The highest BCUT2D eigenvalue weighted by Crippen LogP contribution is 2.27. The van der Waals surface area contributed by atoms with Crippen LogP contribution in [0.4, 0.5) is 11.9 Å². The molecule has 1 N–H and O–H groups in total. The smallest absolute Gasteiger partial charge is 0.230 e. The second-order valence-corrected chi connectivity index (χ2v) is 6.24. The zero-order chi connectivity index (χ0) is 14.5. The lowest BCUT2D eigenvalue weighted by Gasteiger charge is -2.12. The number of rotatable bonds is 6. The third-order valence-electron chi connectivity index (χ3n) is 2.22. The van der Waals surface area contributed by atoms with Crippen LogP contribution >= 0.6 is 23.3 Å². The van der Waals surface area contributed by atoms with Gasteiger partial charge < -0.3 is 10.2 Å². The van der Waals surface area contributed by atoms with Crippen LogP contribution in [-0.4, -0.2) is 44.9 Å². The molecule has 20 heavy (non-hydrogen) atoms. The Morgan fingerprint density at radius 3 is 2.60 bits per heavy atom. The first-order valence-corrected chi connectivity index (χ1v) is 7.83. The van der Waals surface area contributed by atoms with E-state index >= 15 is 0 Å². The number of nitrogens with zero attached hydrogens (tertiary/aromatic N) is 6. The summed E-state index contributed by atoms with van der Waals surface area (Å²) < 4.78 is 4.99.